The van der Waals surface area contributed by atoms with E-state index >= 15 is 0 Å². The fourth-order valence-electron chi connectivity index (χ4n) is 2.67. The number of fused-ring (bicyclic) bond motifs is 1. The van der Waals surface area contributed by atoms with Crippen molar-refractivity contribution in [2.24, 2.45) is 5.14 Å². The van der Waals surface area contributed by atoms with Gasteiger partial charge in [0.1, 0.15) is 4.90 Å². The van der Waals surface area contributed by atoms with E-state index in [2.05, 4.69) is 9.72 Å². The van der Waals surface area contributed by atoms with E-state index < -0.39 is 21.9 Å². The lowest BCUT2D eigenvalue weighted by molar-refractivity contribution is 0.0602. The molecule has 9 nitrogen and oxygen atoms in total. The molecule has 0 fully saturated rings. The zero-order chi connectivity index (χ0) is 20.8. The average molecular weight is 441 g/mol. The first-order chi connectivity index (χ1) is 13.1. The number of hydrogen-bond acceptors (Lipinski definition) is 7. The molecule has 0 aliphatic carbocycles. The Morgan fingerprint density at radius 3 is 2.54 bits per heavy atom. The molecule has 12 heteroatoms. The predicted octanol–water partition coefficient (Wildman–Crippen LogP) is 2.06. The van der Waals surface area contributed by atoms with E-state index in [1.165, 1.54) is 31.4 Å². The number of esters is 1. The third kappa shape index (κ3) is 3.29. The summed E-state index contributed by atoms with van der Waals surface area (Å²) in [5.74, 6) is -1.28. The summed E-state index contributed by atoms with van der Waals surface area (Å²) >= 11 is 11.1. The number of nitrogens with one attached hydrogen (secondary N) is 1. The standard InChI is InChI=1S/C16H13ClN4O5S2/c1-26-15(23)8-3-5-10-13(12(8)18)20-16(27)21(10)14(22)7-2-4-9(17)11(6-7)28(19,24)25/h2-6H,18H2,1H3,(H,20,27)(H2,19,24,25). The summed E-state index contributed by atoms with van der Waals surface area (Å²) in [5, 5.41) is 5.01. The number of H-pyrrole nitrogens is 1. The Morgan fingerprint density at radius 1 is 1.25 bits per heavy atom. The second-order valence-corrected chi connectivity index (χ2v) is 8.00. The van der Waals surface area contributed by atoms with Gasteiger partial charge in [0.05, 0.1) is 34.4 Å². The van der Waals surface area contributed by atoms with Crippen molar-refractivity contribution < 1.29 is 22.7 Å². The van der Waals surface area contributed by atoms with Crippen LogP contribution >= 0.6 is 23.8 Å². The Labute approximate surface area is 168 Å². The van der Waals surface area contributed by atoms with Gasteiger partial charge in [-0.1, -0.05) is 11.6 Å². The van der Waals surface area contributed by atoms with Crippen molar-refractivity contribution in [3.63, 3.8) is 0 Å². The van der Waals surface area contributed by atoms with Crippen LogP contribution in [0.25, 0.3) is 11.0 Å². The maximum absolute atomic E-state index is 13.0. The zero-order valence-corrected chi connectivity index (χ0v) is 16.6. The van der Waals surface area contributed by atoms with E-state index in [0.29, 0.717) is 5.52 Å². The van der Waals surface area contributed by atoms with Crippen LogP contribution in [0.4, 0.5) is 5.69 Å². The van der Waals surface area contributed by atoms with E-state index in [-0.39, 0.29) is 37.0 Å². The molecule has 0 saturated carbocycles. The minimum absolute atomic E-state index is 0.000761. The molecule has 0 spiro atoms. The van der Waals surface area contributed by atoms with E-state index in [9.17, 15) is 18.0 Å². The molecular formula is C16H13ClN4O5S2. The smallest absolute Gasteiger partial charge is 0.340 e. The number of imidazole rings is 1. The van der Waals surface area contributed by atoms with Crippen molar-refractivity contribution in [1.82, 2.24) is 9.55 Å². The summed E-state index contributed by atoms with van der Waals surface area (Å²) in [5.41, 5.74) is 6.72. The van der Waals surface area contributed by atoms with Crippen LogP contribution in [-0.4, -0.2) is 37.0 Å². The molecule has 1 heterocycles. The normalized spacial score (nSPS) is 11.5. The van der Waals surface area contributed by atoms with Crippen molar-refractivity contribution >= 4 is 62.4 Å². The number of methoxy groups -OCH3 is 1. The van der Waals surface area contributed by atoms with Crippen LogP contribution in [0.1, 0.15) is 20.7 Å². The van der Waals surface area contributed by atoms with Crippen LogP contribution in [0.3, 0.4) is 0 Å². The molecule has 0 atom stereocenters. The molecule has 3 aromatic rings. The molecule has 0 amide bonds. The highest BCUT2D eigenvalue weighted by atomic mass is 35.5. The number of rotatable bonds is 3. The van der Waals surface area contributed by atoms with Gasteiger partial charge < -0.3 is 15.5 Å². The monoisotopic (exact) mass is 440 g/mol. The van der Waals surface area contributed by atoms with Gasteiger partial charge in [0, 0.05) is 5.56 Å². The second-order valence-electron chi connectivity index (χ2n) is 5.67. The van der Waals surface area contributed by atoms with Gasteiger partial charge in [-0.3, -0.25) is 9.36 Å². The molecule has 0 unspecified atom stereocenters. The number of carbonyl (C=O) groups excluding carboxylic acids is 2. The quantitative estimate of drug-likeness (QED) is 0.320. The average Bonchev–Trinajstić information content (AvgIpc) is 2.97. The Hall–Kier alpha value is -2.73. The first-order valence-electron chi connectivity index (χ1n) is 7.55. The minimum Gasteiger partial charge on any atom is -0.465 e. The molecular weight excluding hydrogens is 428 g/mol. The first kappa shape index (κ1) is 20.0. The van der Waals surface area contributed by atoms with E-state index in [4.69, 9.17) is 34.7 Å². The SMILES string of the molecule is COC(=O)c1ccc2c([nH]c(=S)n2C(=O)c2ccc(Cl)c(S(N)(=O)=O)c2)c1N. The fraction of sp³-hybridized carbons (Fsp3) is 0.0625. The van der Waals surface area contributed by atoms with Gasteiger partial charge in [-0.15, -0.1) is 0 Å². The van der Waals surface area contributed by atoms with Crippen molar-refractivity contribution in [2.75, 3.05) is 12.8 Å². The molecule has 0 aliphatic rings. The Morgan fingerprint density at radius 2 is 1.93 bits per heavy atom. The van der Waals surface area contributed by atoms with Crippen LogP contribution in [-0.2, 0) is 14.8 Å². The number of halogens is 1. The maximum atomic E-state index is 13.0. The lowest BCUT2D eigenvalue weighted by Crippen LogP contribution is -2.16. The number of nitrogen functional groups attached to an aromatic ring is 1. The molecule has 0 radical (unpaired) electrons. The van der Waals surface area contributed by atoms with Gasteiger partial charge in [0.2, 0.25) is 10.0 Å². The molecule has 146 valence electrons. The Kier molecular flexibility index (Phi) is 5.02. The van der Waals surface area contributed by atoms with Crippen LogP contribution in [0.2, 0.25) is 5.02 Å². The van der Waals surface area contributed by atoms with Gasteiger partial charge in [0.25, 0.3) is 5.91 Å². The van der Waals surface area contributed by atoms with Gasteiger partial charge >= 0.3 is 5.97 Å². The number of hydrogen-bond donors (Lipinski definition) is 3. The summed E-state index contributed by atoms with van der Waals surface area (Å²) in [6, 6.07) is 6.52. The third-order valence-electron chi connectivity index (χ3n) is 3.99. The molecule has 28 heavy (non-hydrogen) atoms. The van der Waals surface area contributed by atoms with Crippen LogP contribution in [0.5, 0.6) is 0 Å². The highest BCUT2D eigenvalue weighted by Crippen LogP contribution is 2.27. The number of sulfonamides is 1. The molecule has 2 aromatic carbocycles. The molecule has 3 rings (SSSR count). The zero-order valence-electron chi connectivity index (χ0n) is 14.2. The summed E-state index contributed by atoms with van der Waals surface area (Å²) in [6.45, 7) is 0. The van der Waals surface area contributed by atoms with E-state index in [0.717, 1.165) is 10.6 Å². The van der Waals surface area contributed by atoms with Crippen molar-refractivity contribution in [3.8, 4) is 0 Å². The maximum Gasteiger partial charge on any atom is 0.340 e. The van der Waals surface area contributed by atoms with Crippen molar-refractivity contribution in [3.05, 3.63) is 51.3 Å². The number of nitrogens with zero attached hydrogens (tertiary/aromatic N) is 1. The number of aromatic nitrogens is 2. The lowest BCUT2D eigenvalue weighted by atomic mass is 10.1. The number of carbonyl (C=O) groups is 2. The summed E-state index contributed by atoms with van der Waals surface area (Å²) < 4.78 is 29.1. The molecule has 1 aromatic heterocycles. The van der Waals surface area contributed by atoms with Crippen LogP contribution < -0.4 is 10.9 Å². The second kappa shape index (κ2) is 7.02. The highest BCUT2D eigenvalue weighted by molar-refractivity contribution is 7.89. The summed E-state index contributed by atoms with van der Waals surface area (Å²) in [6.07, 6.45) is 0. The third-order valence-corrected chi connectivity index (χ3v) is 5.67. The fourth-order valence-corrected chi connectivity index (χ4v) is 4.03. The molecule has 0 aliphatic heterocycles. The summed E-state index contributed by atoms with van der Waals surface area (Å²) in [4.78, 5) is 27.2. The highest BCUT2D eigenvalue weighted by Gasteiger charge is 2.21. The lowest BCUT2D eigenvalue weighted by Gasteiger charge is -2.08. The Balaban J connectivity index is 2.21. The number of nitrogens with two attached hydrogens (primary N) is 2. The predicted molar refractivity (Wildman–Crippen MR) is 105 cm³/mol. The molecule has 0 saturated heterocycles. The van der Waals surface area contributed by atoms with Crippen LogP contribution in [0, 0.1) is 4.77 Å². The van der Waals surface area contributed by atoms with Gasteiger partial charge in [-0.25, -0.2) is 18.4 Å². The number of anilines is 1. The number of aromatic amines is 1. The van der Waals surface area contributed by atoms with Crippen molar-refractivity contribution in [2.45, 2.75) is 4.90 Å². The number of ether oxygens (including phenoxy) is 1. The van der Waals surface area contributed by atoms with E-state index in [1.807, 2.05) is 0 Å². The minimum atomic E-state index is -4.13. The van der Waals surface area contributed by atoms with Crippen LogP contribution in [0.15, 0.2) is 35.2 Å². The van der Waals surface area contributed by atoms with E-state index in [1.54, 1.807) is 0 Å². The van der Waals surface area contributed by atoms with Crippen molar-refractivity contribution in [1.29, 1.82) is 0 Å². The van der Waals surface area contributed by atoms with Gasteiger partial charge in [0.15, 0.2) is 4.77 Å². The number of benzene rings is 2. The molecule has 0 bridgehead atoms. The Bertz CT molecular complexity index is 1310. The summed E-state index contributed by atoms with van der Waals surface area (Å²) in [7, 11) is -2.92. The van der Waals surface area contributed by atoms with Gasteiger partial charge in [-0.2, -0.15) is 0 Å². The number of primary sulfonamides is 1. The first-order valence-corrected chi connectivity index (χ1v) is 9.88. The topological polar surface area (TPSA) is 150 Å². The van der Waals surface area contributed by atoms with Gasteiger partial charge in [-0.05, 0) is 42.5 Å². The largest absolute Gasteiger partial charge is 0.465 e. The molecule has 5 N–H and O–H groups in total.